The predicted octanol–water partition coefficient (Wildman–Crippen LogP) is 1.65. The summed E-state index contributed by atoms with van der Waals surface area (Å²) in [4.78, 5) is 35.7. The van der Waals surface area contributed by atoms with Gasteiger partial charge in [0.15, 0.2) is 6.61 Å². The highest BCUT2D eigenvalue weighted by molar-refractivity contribution is 7.92. The molecule has 2 amide bonds. The lowest BCUT2D eigenvalue weighted by atomic mass is 10.2. The highest BCUT2D eigenvalue weighted by atomic mass is 32.2. The summed E-state index contributed by atoms with van der Waals surface area (Å²) in [6, 6.07) is 10.1. The Bertz CT molecular complexity index is 1160. The van der Waals surface area contributed by atoms with E-state index in [0.29, 0.717) is 5.69 Å². The van der Waals surface area contributed by atoms with Crippen molar-refractivity contribution in [2.45, 2.75) is 17.7 Å². The highest BCUT2D eigenvalue weighted by Crippen LogP contribution is 2.35. The normalized spacial score (nSPS) is 15.6. The van der Waals surface area contributed by atoms with Crippen molar-refractivity contribution in [3.05, 3.63) is 42.5 Å². The Morgan fingerprint density at radius 1 is 1.10 bits per heavy atom. The van der Waals surface area contributed by atoms with Crippen molar-refractivity contribution in [2.75, 3.05) is 28.1 Å². The van der Waals surface area contributed by atoms with Gasteiger partial charge in [-0.25, -0.2) is 8.42 Å². The molecule has 0 saturated heterocycles. The van der Waals surface area contributed by atoms with E-state index in [-0.39, 0.29) is 40.5 Å². The average molecular weight is 445 g/mol. The lowest BCUT2D eigenvalue weighted by molar-refractivity contribution is -0.137. The molecule has 1 fully saturated rings. The molecule has 2 aromatic rings. The lowest BCUT2D eigenvalue weighted by Gasteiger charge is -2.28. The van der Waals surface area contributed by atoms with E-state index in [4.69, 9.17) is 9.84 Å². The van der Waals surface area contributed by atoms with Crippen LogP contribution in [0.1, 0.15) is 12.8 Å². The number of benzene rings is 2. The van der Waals surface area contributed by atoms with Gasteiger partial charge in [-0.05, 0) is 55.3 Å². The number of hydrogen-bond acceptors (Lipinski definition) is 6. The van der Waals surface area contributed by atoms with E-state index in [1.54, 1.807) is 12.1 Å². The molecule has 3 N–H and O–H groups in total. The van der Waals surface area contributed by atoms with Gasteiger partial charge in [-0.15, -0.1) is 0 Å². The summed E-state index contributed by atoms with van der Waals surface area (Å²) < 4.78 is 33.3. The molecule has 0 aromatic heterocycles. The van der Waals surface area contributed by atoms with E-state index in [2.05, 4.69) is 10.0 Å². The summed E-state index contributed by atoms with van der Waals surface area (Å²) >= 11 is 0. The minimum absolute atomic E-state index is 0.0509. The zero-order valence-corrected chi connectivity index (χ0v) is 17.0. The molecule has 2 aliphatic rings. The van der Waals surface area contributed by atoms with Crippen LogP contribution in [-0.4, -0.2) is 44.5 Å². The third-order valence-corrected chi connectivity index (χ3v) is 6.21. The van der Waals surface area contributed by atoms with Gasteiger partial charge in [0.05, 0.1) is 10.6 Å². The molecular weight excluding hydrogens is 426 g/mol. The van der Waals surface area contributed by atoms with E-state index >= 15 is 0 Å². The fourth-order valence-electron chi connectivity index (χ4n) is 3.08. The van der Waals surface area contributed by atoms with Crippen molar-refractivity contribution in [1.82, 2.24) is 0 Å². The predicted molar refractivity (Wildman–Crippen MR) is 111 cm³/mol. The zero-order chi connectivity index (χ0) is 22.2. The van der Waals surface area contributed by atoms with E-state index in [0.717, 1.165) is 17.7 Å². The molecule has 10 nitrogen and oxygen atoms in total. The van der Waals surface area contributed by atoms with E-state index in [1.165, 1.54) is 30.3 Å². The summed E-state index contributed by atoms with van der Waals surface area (Å²) in [5, 5.41) is 11.8. The molecule has 162 valence electrons. The van der Waals surface area contributed by atoms with E-state index in [1.807, 2.05) is 0 Å². The molecule has 1 aliphatic heterocycles. The van der Waals surface area contributed by atoms with Gasteiger partial charge in [0.2, 0.25) is 5.91 Å². The van der Waals surface area contributed by atoms with Gasteiger partial charge in [-0.1, -0.05) is 0 Å². The number of carbonyl (C=O) groups is 3. The number of fused-ring (bicyclic) bond motifs is 1. The second-order valence-corrected chi connectivity index (χ2v) is 8.92. The molecule has 0 bridgehead atoms. The van der Waals surface area contributed by atoms with Crippen LogP contribution in [0.25, 0.3) is 0 Å². The smallest absolute Gasteiger partial charge is 0.323 e. The van der Waals surface area contributed by atoms with Gasteiger partial charge >= 0.3 is 5.97 Å². The summed E-state index contributed by atoms with van der Waals surface area (Å²) in [5.41, 5.74) is 0.908. The van der Waals surface area contributed by atoms with Crippen LogP contribution < -0.4 is 19.7 Å². The Labute approximate surface area is 177 Å². The van der Waals surface area contributed by atoms with Gasteiger partial charge in [0, 0.05) is 17.3 Å². The number of rotatable bonds is 7. The molecule has 11 heteroatoms. The highest BCUT2D eigenvalue weighted by Gasteiger charge is 2.30. The van der Waals surface area contributed by atoms with E-state index in [9.17, 15) is 22.8 Å². The number of carbonyl (C=O) groups excluding carboxylic acids is 2. The molecule has 0 radical (unpaired) electrons. The SMILES string of the molecule is O=C(O)CN1C(=O)COc2ccc(S(=O)(=O)Nc3ccc(NC(=O)C4CC4)cc3)cc21. The minimum atomic E-state index is -4.03. The average Bonchev–Trinajstić information content (AvgIpc) is 3.56. The van der Waals surface area contributed by atoms with Crippen LogP contribution >= 0.6 is 0 Å². The number of nitrogens with zero attached hydrogens (tertiary/aromatic N) is 1. The maximum Gasteiger partial charge on any atom is 0.323 e. The fourth-order valence-corrected chi connectivity index (χ4v) is 4.16. The fraction of sp³-hybridized carbons (Fsp3) is 0.250. The van der Waals surface area contributed by atoms with Crippen molar-refractivity contribution in [1.29, 1.82) is 0 Å². The summed E-state index contributed by atoms with van der Waals surface area (Å²) in [6.07, 6.45) is 1.76. The van der Waals surface area contributed by atoms with Crippen molar-refractivity contribution in [2.24, 2.45) is 5.92 Å². The molecule has 4 rings (SSSR count). The van der Waals surface area contributed by atoms with Crippen molar-refractivity contribution >= 4 is 44.9 Å². The second kappa shape index (κ2) is 7.91. The Kier molecular flexibility index (Phi) is 5.27. The molecule has 0 unspecified atom stereocenters. The maximum atomic E-state index is 12.8. The third-order valence-electron chi connectivity index (χ3n) is 4.83. The van der Waals surface area contributed by atoms with Crippen LogP contribution in [-0.2, 0) is 24.4 Å². The Morgan fingerprint density at radius 3 is 2.42 bits per heavy atom. The molecule has 1 aliphatic carbocycles. The molecule has 31 heavy (non-hydrogen) atoms. The maximum absolute atomic E-state index is 12.8. The molecule has 2 aromatic carbocycles. The Balaban J connectivity index is 1.53. The van der Waals surface area contributed by atoms with Crippen molar-refractivity contribution in [3.63, 3.8) is 0 Å². The van der Waals surface area contributed by atoms with Crippen LogP contribution in [0.3, 0.4) is 0 Å². The number of aliphatic carboxylic acids is 1. The minimum Gasteiger partial charge on any atom is -0.482 e. The molecular formula is C20H19N3O7S. The molecule has 1 saturated carbocycles. The van der Waals surface area contributed by atoms with Gasteiger partial charge in [-0.3, -0.25) is 24.0 Å². The number of amides is 2. The number of nitrogens with one attached hydrogen (secondary N) is 2. The standard InChI is InChI=1S/C20H19N3O7S/c24-18-11-30-17-8-7-15(9-16(17)23(18)10-19(25)26)31(28,29)22-14-5-3-13(4-6-14)21-20(27)12-1-2-12/h3-9,12,22H,1-2,10-11H2,(H,21,27)(H,25,26). The quantitative estimate of drug-likeness (QED) is 0.588. The molecule has 0 atom stereocenters. The first-order chi connectivity index (χ1) is 14.7. The van der Waals surface area contributed by atoms with Crippen molar-refractivity contribution < 1.29 is 32.6 Å². The number of anilines is 3. The van der Waals surface area contributed by atoms with Crippen LogP contribution in [0.2, 0.25) is 0 Å². The monoisotopic (exact) mass is 445 g/mol. The number of ether oxygens (including phenoxy) is 1. The van der Waals surface area contributed by atoms with Crippen LogP contribution in [0.5, 0.6) is 5.75 Å². The summed E-state index contributed by atoms with van der Waals surface area (Å²) in [6.45, 7) is -0.936. The first-order valence-electron chi connectivity index (χ1n) is 9.46. The first kappa shape index (κ1) is 20.7. The number of carboxylic acid groups (broad SMARTS) is 1. The van der Waals surface area contributed by atoms with Gasteiger partial charge in [0.25, 0.3) is 15.9 Å². The summed E-state index contributed by atoms with van der Waals surface area (Å²) in [5.74, 6) is -1.60. The van der Waals surface area contributed by atoms with E-state index < -0.39 is 28.4 Å². The van der Waals surface area contributed by atoms with Gasteiger partial charge in [0.1, 0.15) is 12.3 Å². The lowest BCUT2D eigenvalue weighted by Crippen LogP contribution is -2.42. The van der Waals surface area contributed by atoms with Crippen LogP contribution in [0.4, 0.5) is 17.1 Å². The second-order valence-electron chi connectivity index (χ2n) is 7.24. The number of sulfonamides is 1. The topological polar surface area (TPSA) is 142 Å². The summed E-state index contributed by atoms with van der Waals surface area (Å²) in [7, 11) is -4.03. The van der Waals surface area contributed by atoms with Gasteiger partial charge < -0.3 is 15.2 Å². The van der Waals surface area contributed by atoms with Crippen LogP contribution in [0, 0.1) is 5.92 Å². The molecule has 0 spiro atoms. The Morgan fingerprint density at radius 2 is 1.77 bits per heavy atom. The van der Waals surface area contributed by atoms with Gasteiger partial charge in [-0.2, -0.15) is 0 Å². The number of carboxylic acids is 1. The Hall–Kier alpha value is -3.60. The van der Waals surface area contributed by atoms with Crippen LogP contribution in [0.15, 0.2) is 47.4 Å². The van der Waals surface area contributed by atoms with Crippen molar-refractivity contribution in [3.8, 4) is 5.75 Å². The zero-order valence-electron chi connectivity index (χ0n) is 16.2. The first-order valence-corrected chi connectivity index (χ1v) is 10.9. The third kappa shape index (κ3) is 4.61. The number of hydrogen-bond donors (Lipinski definition) is 3. The molecule has 1 heterocycles. The largest absolute Gasteiger partial charge is 0.482 e.